The van der Waals surface area contributed by atoms with Crippen molar-refractivity contribution in [2.24, 2.45) is 11.7 Å². The van der Waals surface area contributed by atoms with Crippen molar-refractivity contribution < 1.29 is 9.50 Å². The average Bonchev–Trinajstić information content (AvgIpc) is 1.81. The molecule has 0 atom stereocenters. The molecule has 1 saturated carbocycles. The Morgan fingerprint density at radius 3 is 2.56 bits per heavy atom. The predicted octanol–water partition coefficient (Wildman–Crippen LogP) is 0.0557. The standard InChI is InChI=1S/C6H12FNO/c7-3-5-1-6(9,2-5)4-8/h5,9H,1-4,8H2. The van der Waals surface area contributed by atoms with Crippen LogP contribution in [0.4, 0.5) is 4.39 Å². The van der Waals surface area contributed by atoms with Crippen molar-refractivity contribution in [1.82, 2.24) is 0 Å². The summed E-state index contributed by atoms with van der Waals surface area (Å²) in [4.78, 5) is 0. The predicted molar refractivity (Wildman–Crippen MR) is 32.7 cm³/mol. The minimum atomic E-state index is -0.725. The summed E-state index contributed by atoms with van der Waals surface area (Å²) < 4.78 is 11.8. The van der Waals surface area contributed by atoms with Gasteiger partial charge in [-0.25, -0.2) is 0 Å². The Morgan fingerprint density at radius 1 is 1.67 bits per heavy atom. The van der Waals surface area contributed by atoms with Gasteiger partial charge in [0.05, 0.1) is 12.3 Å². The molecule has 0 aromatic heterocycles. The first-order chi connectivity index (χ1) is 4.20. The van der Waals surface area contributed by atoms with Crippen LogP contribution in [0.5, 0.6) is 0 Å². The van der Waals surface area contributed by atoms with Crippen LogP contribution in [0.3, 0.4) is 0 Å². The quantitative estimate of drug-likeness (QED) is 0.559. The normalized spacial score (nSPS) is 42.3. The summed E-state index contributed by atoms with van der Waals surface area (Å²) in [7, 11) is 0. The highest BCUT2D eigenvalue weighted by Crippen LogP contribution is 2.36. The Labute approximate surface area is 53.9 Å². The van der Waals surface area contributed by atoms with E-state index in [9.17, 15) is 9.50 Å². The van der Waals surface area contributed by atoms with Gasteiger partial charge in [0.15, 0.2) is 0 Å². The Hall–Kier alpha value is -0.150. The number of halogens is 1. The van der Waals surface area contributed by atoms with E-state index in [1.807, 2.05) is 0 Å². The fraction of sp³-hybridized carbons (Fsp3) is 1.00. The second-order valence-corrected chi connectivity index (χ2v) is 2.86. The third-order valence-electron chi connectivity index (χ3n) is 1.94. The van der Waals surface area contributed by atoms with Gasteiger partial charge in [0.1, 0.15) is 0 Å². The van der Waals surface area contributed by atoms with E-state index in [0.717, 1.165) is 0 Å². The lowest BCUT2D eigenvalue weighted by Gasteiger charge is -2.41. The highest BCUT2D eigenvalue weighted by Gasteiger charge is 2.41. The van der Waals surface area contributed by atoms with E-state index in [4.69, 9.17) is 5.73 Å². The number of alkyl halides is 1. The van der Waals surface area contributed by atoms with Crippen LogP contribution in [0.1, 0.15) is 12.8 Å². The van der Waals surface area contributed by atoms with Crippen molar-refractivity contribution in [3.63, 3.8) is 0 Å². The Bertz CT molecular complexity index is 101. The fourth-order valence-electron chi connectivity index (χ4n) is 1.29. The van der Waals surface area contributed by atoms with Crippen LogP contribution in [0.15, 0.2) is 0 Å². The average molecular weight is 133 g/mol. The van der Waals surface area contributed by atoms with Gasteiger partial charge in [-0.3, -0.25) is 4.39 Å². The van der Waals surface area contributed by atoms with Gasteiger partial charge < -0.3 is 10.8 Å². The molecule has 0 amide bonds. The molecule has 0 heterocycles. The molecule has 3 heteroatoms. The van der Waals surface area contributed by atoms with Gasteiger partial charge in [0.25, 0.3) is 0 Å². The van der Waals surface area contributed by atoms with Crippen LogP contribution in [-0.2, 0) is 0 Å². The lowest BCUT2D eigenvalue weighted by atomic mass is 9.72. The number of hydrogen-bond acceptors (Lipinski definition) is 2. The van der Waals surface area contributed by atoms with Gasteiger partial charge in [-0.1, -0.05) is 0 Å². The van der Waals surface area contributed by atoms with Gasteiger partial charge in [-0.15, -0.1) is 0 Å². The number of nitrogens with two attached hydrogens (primary N) is 1. The molecule has 1 rings (SSSR count). The van der Waals surface area contributed by atoms with Crippen LogP contribution >= 0.6 is 0 Å². The molecule has 9 heavy (non-hydrogen) atoms. The zero-order chi connectivity index (χ0) is 6.91. The molecule has 1 aliphatic rings. The largest absolute Gasteiger partial charge is 0.389 e. The Balaban J connectivity index is 2.24. The minimum absolute atomic E-state index is 0.0681. The van der Waals surface area contributed by atoms with Gasteiger partial charge in [-0.2, -0.15) is 0 Å². The van der Waals surface area contributed by atoms with Crippen LogP contribution in [0.2, 0.25) is 0 Å². The number of hydrogen-bond donors (Lipinski definition) is 2. The van der Waals surface area contributed by atoms with Crippen molar-refractivity contribution in [3.05, 3.63) is 0 Å². The van der Waals surface area contributed by atoms with E-state index in [2.05, 4.69) is 0 Å². The lowest BCUT2D eigenvalue weighted by Crippen LogP contribution is -2.50. The zero-order valence-electron chi connectivity index (χ0n) is 5.31. The maximum Gasteiger partial charge on any atom is 0.0924 e. The molecule has 0 aliphatic heterocycles. The summed E-state index contributed by atoms with van der Waals surface area (Å²) in [6.45, 7) is -0.0498. The monoisotopic (exact) mass is 133 g/mol. The van der Waals surface area contributed by atoms with Gasteiger partial charge in [0, 0.05) is 6.54 Å². The smallest absolute Gasteiger partial charge is 0.0924 e. The van der Waals surface area contributed by atoms with Gasteiger partial charge in [0.2, 0.25) is 0 Å². The second-order valence-electron chi connectivity index (χ2n) is 2.86. The van der Waals surface area contributed by atoms with Crippen molar-refractivity contribution in [3.8, 4) is 0 Å². The third kappa shape index (κ3) is 1.22. The molecule has 0 saturated heterocycles. The van der Waals surface area contributed by atoms with Crippen LogP contribution in [-0.4, -0.2) is 23.9 Å². The molecule has 0 spiro atoms. The van der Waals surface area contributed by atoms with Crippen molar-refractivity contribution in [2.45, 2.75) is 18.4 Å². The number of aliphatic hydroxyl groups is 1. The molecular weight excluding hydrogens is 121 g/mol. The molecule has 0 aromatic rings. The first-order valence-corrected chi connectivity index (χ1v) is 3.18. The third-order valence-corrected chi connectivity index (χ3v) is 1.94. The topological polar surface area (TPSA) is 46.2 Å². The van der Waals surface area contributed by atoms with Crippen LogP contribution in [0, 0.1) is 5.92 Å². The highest BCUT2D eigenvalue weighted by molar-refractivity contribution is 4.94. The highest BCUT2D eigenvalue weighted by atomic mass is 19.1. The van der Waals surface area contributed by atoms with Crippen molar-refractivity contribution >= 4 is 0 Å². The van der Waals surface area contributed by atoms with E-state index < -0.39 is 5.60 Å². The Kier molecular flexibility index (Phi) is 1.73. The van der Waals surface area contributed by atoms with E-state index in [1.54, 1.807) is 0 Å². The molecule has 3 N–H and O–H groups in total. The van der Waals surface area contributed by atoms with E-state index in [-0.39, 0.29) is 19.1 Å². The molecule has 0 aromatic carbocycles. The maximum atomic E-state index is 11.8. The molecule has 2 nitrogen and oxygen atoms in total. The van der Waals surface area contributed by atoms with Crippen LogP contribution < -0.4 is 5.73 Å². The fourth-order valence-corrected chi connectivity index (χ4v) is 1.29. The summed E-state index contributed by atoms with van der Waals surface area (Å²) in [5.74, 6) is 0.0681. The summed E-state index contributed by atoms with van der Waals surface area (Å²) in [5.41, 5.74) is 4.49. The SMILES string of the molecule is NCC1(O)CC(CF)C1. The van der Waals surface area contributed by atoms with E-state index in [1.165, 1.54) is 0 Å². The summed E-state index contributed by atoms with van der Waals surface area (Å²) >= 11 is 0. The molecular formula is C6H12FNO. The molecule has 54 valence electrons. The number of rotatable bonds is 2. The molecule has 0 bridgehead atoms. The Morgan fingerprint density at radius 2 is 2.22 bits per heavy atom. The van der Waals surface area contributed by atoms with E-state index in [0.29, 0.717) is 12.8 Å². The summed E-state index contributed by atoms with van der Waals surface area (Å²) in [6.07, 6.45) is 1.08. The van der Waals surface area contributed by atoms with Gasteiger partial charge in [-0.05, 0) is 18.8 Å². The summed E-state index contributed by atoms with van der Waals surface area (Å²) in [6, 6.07) is 0. The first-order valence-electron chi connectivity index (χ1n) is 3.18. The molecule has 0 unspecified atom stereocenters. The second kappa shape index (κ2) is 2.23. The van der Waals surface area contributed by atoms with Crippen LogP contribution in [0.25, 0.3) is 0 Å². The molecule has 0 radical (unpaired) electrons. The lowest BCUT2D eigenvalue weighted by molar-refractivity contribution is -0.0708. The zero-order valence-corrected chi connectivity index (χ0v) is 5.31. The molecule has 1 fully saturated rings. The first kappa shape index (κ1) is 6.96. The van der Waals surface area contributed by atoms with Crippen molar-refractivity contribution in [1.29, 1.82) is 0 Å². The van der Waals surface area contributed by atoms with E-state index >= 15 is 0 Å². The van der Waals surface area contributed by atoms with Gasteiger partial charge >= 0.3 is 0 Å². The maximum absolute atomic E-state index is 11.8. The molecule has 1 aliphatic carbocycles. The van der Waals surface area contributed by atoms with Crippen molar-refractivity contribution in [2.75, 3.05) is 13.2 Å². The minimum Gasteiger partial charge on any atom is -0.389 e. The summed E-state index contributed by atoms with van der Waals surface area (Å²) in [5, 5.41) is 9.23.